The minimum atomic E-state index is -3.69. The van der Waals surface area contributed by atoms with E-state index in [0.29, 0.717) is 0 Å². The van der Waals surface area contributed by atoms with Crippen LogP contribution in [0.2, 0.25) is 0 Å². The fourth-order valence-electron chi connectivity index (χ4n) is 1.47. The van der Waals surface area contributed by atoms with Crippen molar-refractivity contribution in [2.45, 2.75) is 17.7 Å². The predicted molar refractivity (Wildman–Crippen MR) is 70.6 cm³/mol. The summed E-state index contributed by atoms with van der Waals surface area (Å²) in [7, 11) is 0.362. The van der Waals surface area contributed by atoms with Gasteiger partial charge in [-0.25, -0.2) is 0 Å². The minimum absolute atomic E-state index is 0.129. The first-order valence-electron chi connectivity index (χ1n) is 5.27. The van der Waals surface area contributed by atoms with Gasteiger partial charge in [0.1, 0.15) is 0 Å². The normalized spacial score (nSPS) is 12.0. The molecule has 0 N–H and O–H groups in total. The minimum Gasteiger partial charge on any atom is -0.309 e. The van der Waals surface area contributed by atoms with Crippen molar-refractivity contribution in [1.29, 1.82) is 0 Å². The molecule has 4 nitrogen and oxygen atoms in total. The smallest absolute Gasteiger partial charge is 0.307 e. The quantitative estimate of drug-likeness (QED) is 0.634. The highest BCUT2D eigenvalue weighted by molar-refractivity contribution is 7.95. The van der Waals surface area contributed by atoms with Crippen LogP contribution in [0.5, 0.6) is 0 Å². The van der Waals surface area contributed by atoms with E-state index >= 15 is 0 Å². The maximum Gasteiger partial charge on any atom is 0.307 e. The Morgan fingerprint density at radius 3 is 2.29 bits per heavy atom. The Balaban J connectivity index is 2.63. The number of aryl methyl sites for hydroxylation is 1. The zero-order valence-electron chi connectivity index (χ0n) is 9.96. The highest BCUT2D eigenvalue weighted by Crippen LogP contribution is 2.15. The predicted octanol–water partition coefficient (Wildman–Crippen LogP) is 1.73. The second kappa shape index (κ2) is 6.39. The van der Waals surface area contributed by atoms with Gasteiger partial charge in [0.15, 0.2) is 0 Å². The third kappa shape index (κ3) is 4.67. The molecule has 0 radical (unpaired) electrons. The zero-order valence-corrected chi connectivity index (χ0v) is 11.7. The first-order chi connectivity index (χ1) is 7.95. The van der Waals surface area contributed by atoms with Crippen LogP contribution in [-0.4, -0.2) is 34.0 Å². The van der Waals surface area contributed by atoms with Crippen LogP contribution in [0, 0.1) is 0 Å². The number of rotatable bonds is 6. The average Bonchev–Trinajstić information content (AvgIpc) is 2.29. The van der Waals surface area contributed by atoms with E-state index in [4.69, 9.17) is 0 Å². The summed E-state index contributed by atoms with van der Waals surface area (Å²) < 4.78 is 26.8. The van der Waals surface area contributed by atoms with Gasteiger partial charge < -0.3 is 4.90 Å². The van der Waals surface area contributed by atoms with Crippen molar-refractivity contribution >= 4 is 23.0 Å². The molecule has 0 amide bonds. The van der Waals surface area contributed by atoms with Crippen LogP contribution in [0.15, 0.2) is 29.2 Å². The van der Waals surface area contributed by atoms with Gasteiger partial charge in [0.25, 0.3) is 0 Å². The van der Waals surface area contributed by atoms with Gasteiger partial charge in [-0.1, -0.05) is 12.1 Å². The summed E-state index contributed by atoms with van der Waals surface area (Å²) in [6.07, 6.45) is 1.97. The maximum atomic E-state index is 11.3. The van der Waals surface area contributed by atoms with E-state index in [1.54, 1.807) is 12.1 Å². The largest absolute Gasteiger partial charge is 0.309 e. The van der Waals surface area contributed by atoms with Gasteiger partial charge in [0, 0.05) is 0 Å². The molecule has 0 spiro atoms. The number of benzene rings is 1. The van der Waals surface area contributed by atoms with Gasteiger partial charge in [-0.15, -0.1) is 0 Å². The van der Waals surface area contributed by atoms with E-state index in [1.807, 2.05) is 14.1 Å². The molecule has 1 aromatic rings. The lowest BCUT2D eigenvalue weighted by atomic mass is 10.1. The maximum absolute atomic E-state index is 11.3. The van der Waals surface area contributed by atoms with E-state index in [0.717, 1.165) is 24.9 Å². The Bertz CT molecular complexity index is 440. The number of hydrogen-bond acceptors (Lipinski definition) is 5. The molecular weight excluding hydrogens is 258 g/mol. The first-order valence-corrected chi connectivity index (χ1v) is 7.05. The number of thiol groups is 1. The van der Waals surface area contributed by atoms with Crippen LogP contribution in [0.4, 0.5) is 0 Å². The summed E-state index contributed by atoms with van der Waals surface area (Å²) in [4.78, 5) is 2.25. The zero-order chi connectivity index (χ0) is 12.9. The van der Waals surface area contributed by atoms with Crippen molar-refractivity contribution in [2.75, 3.05) is 20.6 Å². The number of hydrogen-bond donors (Lipinski definition) is 1. The molecule has 0 unspecified atom stereocenters. The molecule has 0 aliphatic rings. The fraction of sp³-hybridized carbons (Fsp3) is 0.455. The molecule has 17 heavy (non-hydrogen) atoms. The molecule has 0 saturated heterocycles. The van der Waals surface area contributed by atoms with Gasteiger partial charge in [0.2, 0.25) is 0 Å². The van der Waals surface area contributed by atoms with Gasteiger partial charge in [-0.05, 0) is 64.1 Å². The summed E-state index contributed by atoms with van der Waals surface area (Å²) >= 11 is 3.32. The van der Waals surface area contributed by atoms with Crippen LogP contribution >= 0.6 is 12.9 Å². The lowest BCUT2D eigenvalue weighted by Crippen LogP contribution is -2.13. The van der Waals surface area contributed by atoms with Gasteiger partial charge in [0.05, 0.1) is 4.90 Å². The van der Waals surface area contributed by atoms with E-state index in [2.05, 4.69) is 21.4 Å². The first kappa shape index (κ1) is 14.5. The lowest BCUT2D eigenvalue weighted by Gasteiger charge is -2.09. The molecule has 0 saturated carbocycles. The molecule has 0 atom stereocenters. The fourth-order valence-corrected chi connectivity index (χ4v) is 2.28. The van der Waals surface area contributed by atoms with E-state index in [1.165, 1.54) is 12.1 Å². The van der Waals surface area contributed by atoms with Crippen molar-refractivity contribution in [1.82, 2.24) is 4.90 Å². The van der Waals surface area contributed by atoms with E-state index < -0.39 is 10.1 Å². The Labute approximate surface area is 108 Å². The van der Waals surface area contributed by atoms with Crippen molar-refractivity contribution < 1.29 is 12.0 Å². The van der Waals surface area contributed by atoms with Crippen LogP contribution in [0.1, 0.15) is 12.0 Å². The van der Waals surface area contributed by atoms with Crippen molar-refractivity contribution in [2.24, 2.45) is 0 Å². The topological polar surface area (TPSA) is 46.6 Å². The standard InChI is InChI=1S/C11H17NO3S2/c1-12(2)9-3-4-10-5-7-11(8-6-10)17(13,14)15-16/h5-8,16H,3-4,9H2,1-2H3. The van der Waals surface area contributed by atoms with Crippen LogP contribution in [-0.2, 0) is 20.2 Å². The monoisotopic (exact) mass is 275 g/mol. The third-order valence-corrected chi connectivity index (χ3v) is 4.02. The second-order valence-electron chi connectivity index (χ2n) is 4.08. The molecule has 6 heteroatoms. The summed E-state index contributed by atoms with van der Waals surface area (Å²) in [5.41, 5.74) is 1.12. The van der Waals surface area contributed by atoms with Crippen LogP contribution in [0.3, 0.4) is 0 Å². The number of nitrogens with zero attached hydrogens (tertiary/aromatic N) is 1. The average molecular weight is 275 g/mol. The van der Waals surface area contributed by atoms with Crippen LogP contribution in [0.25, 0.3) is 0 Å². The Morgan fingerprint density at radius 1 is 1.24 bits per heavy atom. The van der Waals surface area contributed by atoms with Gasteiger partial charge in [-0.3, -0.25) is 0 Å². The van der Waals surface area contributed by atoms with Gasteiger partial charge >= 0.3 is 10.1 Å². The van der Waals surface area contributed by atoms with E-state index in [9.17, 15) is 8.42 Å². The molecular formula is C11H17NO3S2. The van der Waals surface area contributed by atoms with Crippen molar-refractivity contribution in [3.05, 3.63) is 29.8 Å². The molecule has 96 valence electrons. The third-order valence-electron chi connectivity index (χ3n) is 2.38. The summed E-state index contributed by atoms with van der Waals surface area (Å²) in [5.74, 6) is 0. The Hall–Kier alpha value is -0.560. The summed E-state index contributed by atoms with van der Waals surface area (Å²) in [5, 5.41) is 0. The van der Waals surface area contributed by atoms with Crippen molar-refractivity contribution in [3.8, 4) is 0 Å². The molecule has 1 rings (SSSR count). The molecule has 0 aromatic heterocycles. The highest BCUT2D eigenvalue weighted by Gasteiger charge is 2.12. The highest BCUT2D eigenvalue weighted by atomic mass is 32.3. The van der Waals surface area contributed by atoms with Crippen molar-refractivity contribution in [3.63, 3.8) is 0 Å². The Morgan fingerprint density at radius 2 is 1.82 bits per heavy atom. The molecule has 0 aliphatic heterocycles. The summed E-state index contributed by atoms with van der Waals surface area (Å²) in [6, 6.07) is 6.68. The lowest BCUT2D eigenvalue weighted by molar-refractivity contribution is 0.400. The van der Waals surface area contributed by atoms with Crippen LogP contribution < -0.4 is 0 Å². The van der Waals surface area contributed by atoms with E-state index in [-0.39, 0.29) is 4.90 Å². The summed E-state index contributed by atoms with van der Waals surface area (Å²) in [6.45, 7) is 1.01. The molecule has 0 fully saturated rings. The molecule has 0 aliphatic carbocycles. The second-order valence-corrected chi connectivity index (χ2v) is 6.06. The molecule has 1 aromatic carbocycles. The molecule has 0 heterocycles. The molecule has 0 bridgehead atoms. The van der Waals surface area contributed by atoms with Gasteiger partial charge in [-0.2, -0.15) is 12.0 Å². The Kier molecular flexibility index (Phi) is 5.45. The SMILES string of the molecule is CN(C)CCCc1ccc(S(=O)(=O)OS)cc1.